The maximum absolute atomic E-state index is 13.4. The third-order valence-electron chi connectivity index (χ3n) is 6.23. The number of fused-ring (bicyclic) bond motifs is 2. The zero-order chi connectivity index (χ0) is 19.1. The number of Topliss-reactive ketones (excluding diaryl/α,β-unsaturated/α-hetero) is 1. The Morgan fingerprint density at radius 2 is 1.39 bits per heavy atom. The quantitative estimate of drug-likeness (QED) is 0.461. The molecule has 5 rings (SSSR count). The second-order valence-corrected chi connectivity index (χ2v) is 7.86. The first-order valence-electron chi connectivity index (χ1n) is 9.90. The second kappa shape index (κ2) is 6.57. The van der Waals surface area contributed by atoms with Crippen molar-refractivity contribution in [2.24, 2.45) is 5.92 Å². The van der Waals surface area contributed by atoms with E-state index >= 15 is 0 Å². The van der Waals surface area contributed by atoms with Crippen LogP contribution in [-0.2, 0) is 5.60 Å². The third kappa shape index (κ3) is 2.73. The molecule has 1 fully saturated rings. The van der Waals surface area contributed by atoms with Crippen LogP contribution in [0.15, 0.2) is 84.9 Å². The zero-order valence-electron chi connectivity index (χ0n) is 15.6. The minimum absolute atomic E-state index is 0.0407. The van der Waals surface area contributed by atoms with Crippen molar-refractivity contribution < 1.29 is 9.90 Å². The molecule has 0 unspecified atom stereocenters. The number of hydrogen-bond acceptors (Lipinski definition) is 2. The van der Waals surface area contributed by atoms with Crippen LogP contribution in [0.2, 0.25) is 0 Å². The van der Waals surface area contributed by atoms with E-state index in [9.17, 15) is 9.90 Å². The molecule has 1 aliphatic rings. The smallest absolute Gasteiger partial charge is 0.169 e. The average Bonchev–Trinajstić information content (AvgIpc) is 3.15. The van der Waals surface area contributed by atoms with Crippen LogP contribution in [0.1, 0.15) is 35.2 Å². The molecule has 28 heavy (non-hydrogen) atoms. The maximum Gasteiger partial charge on any atom is 0.169 e. The van der Waals surface area contributed by atoms with Crippen molar-refractivity contribution in [3.63, 3.8) is 0 Å². The van der Waals surface area contributed by atoms with Crippen molar-refractivity contribution in [2.45, 2.75) is 24.9 Å². The molecule has 0 saturated heterocycles. The Morgan fingerprint density at radius 1 is 0.786 bits per heavy atom. The predicted molar refractivity (Wildman–Crippen MR) is 113 cm³/mol. The summed E-state index contributed by atoms with van der Waals surface area (Å²) in [4.78, 5) is 13.4. The minimum Gasteiger partial charge on any atom is -0.384 e. The van der Waals surface area contributed by atoms with Crippen LogP contribution in [0.5, 0.6) is 0 Å². The van der Waals surface area contributed by atoms with Gasteiger partial charge in [-0.25, -0.2) is 0 Å². The van der Waals surface area contributed by atoms with Gasteiger partial charge in [-0.15, -0.1) is 0 Å². The molecule has 0 spiro atoms. The number of benzene rings is 4. The van der Waals surface area contributed by atoms with Crippen LogP contribution in [0, 0.1) is 5.92 Å². The Hall–Kier alpha value is -2.97. The Morgan fingerprint density at radius 3 is 2.11 bits per heavy atom. The van der Waals surface area contributed by atoms with Crippen molar-refractivity contribution in [3.05, 3.63) is 96.1 Å². The van der Waals surface area contributed by atoms with Crippen LogP contribution in [0.4, 0.5) is 0 Å². The summed E-state index contributed by atoms with van der Waals surface area (Å²) in [6, 6.07) is 28.1. The molecular weight excluding hydrogens is 344 g/mol. The molecule has 0 aromatic heterocycles. The molecule has 4 aromatic rings. The van der Waals surface area contributed by atoms with Gasteiger partial charge in [0.25, 0.3) is 0 Å². The molecule has 1 N–H and O–H groups in total. The van der Waals surface area contributed by atoms with Gasteiger partial charge in [-0.05, 0) is 58.5 Å². The molecule has 2 nitrogen and oxygen atoms in total. The maximum atomic E-state index is 13.4. The first-order chi connectivity index (χ1) is 13.6. The Kier molecular flexibility index (Phi) is 4.03. The summed E-state index contributed by atoms with van der Waals surface area (Å²) in [6.07, 6.45) is 2.19. The summed E-state index contributed by atoms with van der Waals surface area (Å²) in [5.74, 6) is -0.367. The van der Waals surface area contributed by atoms with E-state index < -0.39 is 11.5 Å². The van der Waals surface area contributed by atoms with Gasteiger partial charge in [0.2, 0.25) is 0 Å². The van der Waals surface area contributed by atoms with Gasteiger partial charge in [0.15, 0.2) is 5.78 Å². The van der Waals surface area contributed by atoms with Crippen LogP contribution in [0.3, 0.4) is 0 Å². The molecule has 0 aliphatic heterocycles. The predicted octanol–water partition coefficient (Wildman–Crippen LogP) is 5.86. The fourth-order valence-corrected chi connectivity index (χ4v) is 4.68. The van der Waals surface area contributed by atoms with Gasteiger partial charge in [0.05, 0.1) is 11.5 Å². The van der Waals surface area contributed by atoms with E-state index in [-0.39, 0.29) is 5.78 Å². The van der Waals surface area contributed by atoms with Crippen LogP contribution >= 0.6 is 0 Å². The summed E-state index contributed by atoms with van der Waals surface area (Å²) < 4.78 is 0. The van der Waals surface area contributed by atoms with Gasteiger partial charge < -0.3 is 5.11 Å². The van der Waals surface area contributed by atoms with E-state index in [0.717, 1.165) is 39.9 Å². The summed E-state index contributed by atoms with van der Waals surface area (Å²) >= 11 is 0. The Labute approximate surface area is 164 Å². The zero-order valence-corrected chi connectivity index (χ0v) is 15.6. The highest BCUT2D eigenvalue weighted by Gasteiger charge is 2.46. The SMILES string of the molecule is O=C(c1ccc2ccccc2c1)[C@@H]1CCC[C@@]1(O)c1ccc2ccccc2c1. The molecule has 2 atom stereocenters. The van der Waals surface area contributed by atoms with Gasteiger partial charge in [-0.2, -0.15) is 0 Å². The largest absolute Gasteiger partial charge is 0.384 e. The first kappa shape index (κ1) is 17.2. The fourth-order valence-electron chi connectivity index (χ4n) is 4.68. The minimum atomic E-state index is -1.10. The van der Waals surface area contributed by atoms with Gasteiger partial charge in [0, 0.05) is 5.56 Å². The molecule has 0 radical (unpaired) electrons. The first-order valence-corrected chi connectivity index (χ1v) is 9.90. The lowest BCUT2D eigenvalue weighted by Crippen LogP contribution is -2.35. The molecular formula is C26H22O2. The lowest BCUT2D eigenvalue weighted by Gasteiger charge is -2.30. The topological polar surface area (TPSA) is 37.3 Å². The highest BCUT2D eigenvalue weighted by Crippen LogP contribution is 2.45. The monoisotopic (exact) mass is 366 g/mol. The van der Waals surface area contributed by atoms with E-state index in [0.29, 0.717) is 12.0 Å². The number of hydrogen-bond donors (Lipinski definition) is 1. The number of carbonyl (C=O) groups excluding carboxylic acids is 1. The van der Waals surface area contributed by atoms with E-state index in [2.05, 4.69) is 12.1 Å². The third-order valence-corrected chi connectivity index (χ3v) is 6.23. The number of ketones is 1. The van der Waals surface area contributed by atoms with Gasteiger partial charge in [-0.1, -0.05) is 72.8 Å². The van der Waals surface area contributed by atoms with Crippen LogP contribution < -0.4 is 0 Å². The lowest BCUT2D eigenvalue weighted by molar-refractivity contribution is 0.00322. The molecule has 138 valence electrons. The Bertz CT molecular complexity index is 1190. The molecule has 4 aromatic carbocycles. The van der Waals surface area contributed by atoms with Crippen molar-refractivity contribution >= 4 is 27.3 Å². The Balaban J connectivity index is 1.54. The number of aliphatic hydroxyl groups is 1. The summed E-state index contributed by atoms with van der Waals surface area (Å²) in [6.45, 7) is 0. The lowest BCUT2D eigenvalue weighted by atomic mass is 9.79. The van der Waals surface area contributed by atoms with Crippen molar-refractivity contribution in [3.8, 4) is 0 Å². The fraction of sp³-hybridized carbons (Fsp3) is 0.192. The van der Waals surface area contributed by atoms with Crippen LogP contribution in [0.25, 0.3) is 21.5 Å². The molecule has 1 aliphatic carbocycles. The summed E-state index contributed by atoms with van der Waals surface area (Å²) in [7, 11) is 0. The van der Waals surface area contributed by atoms with E-state index in [1.54, 1.807) is 0 Å². The second-order valence-electron chi connectivity index (χ2n) is 7.86. The van der Waals surface area contributed by atoms with E-state index in [4.69, 9.17) is 0 Å². The molecule has 0 bridgehead atoms. The van der Waals surface area contributed by atoms with Crippen molar-refractivity contribution in [2.75, 3.05) is 0 Å². The standard InChI is InChI=1S/C26H22O2/c27-25(22-12-11-18-6-1-3-8-20(18)16-22)24-10-5-15-26(24,28)23-14-13-19-7-2-4-9-21(19)17-23/h1-4,6-9,11-14,16-17,24,28H,5,10,15H2/t24-,26+/m0/s1. The normalized spacial score (nSPS) is 22.0. The van der Waals surface area contributed by atoms with Gasteiger partial charge in [-0.3, -0.25) is 4.79 Å². The van der Waals surface area contributed by atoms with Crippen LogP contribution in [-0.4, -0.2) is 10.9 Å². The molecule has 0 amide bonds. The molecule has 0 heterocycles. The van der Waals surface area contributed by atoms with E-state index in [1.165, 1.54) is 0 Å². The van der Waals surface area contributed by atoms with E-state index in [1.807, 2.05) is 72.8 Å². The average molecular weight is 366 g/mol. The van der Waals surface area contributed by atoms with Gasteiger partial charge >= 0.3 is 0 Å². The highest BCUT2D eigenvalue weighted by atomic mass is 16.3. The summed E-state index contributed by atoms with van der Waals surface area (Å²) in [5, 5.41) is 16.0. The van der Waals surface area contributed by atoms with Crippen molar-refractivity contribution in [1.82, 2.24) is 0 Å². The van der Waals surface area contributed by atoms with Crippen molar-refractivity contribution in [1.29, 1.82) is 0 Å². The molecule has 1 saturated carbocycles. The highest BCUT2D eigenvalue weighted by molar-refractivity contribution is 6.02. The number of rotatable bonds is 3. The molecule has 2 heteroatoms. The van der Waals surface area contributed by atoms with Gasteiger partial charge in [0.1, 0.15) is 0 Å². The number of carbonyl (C=O) groups is 1. The summed E-state index contributed by atoms with van der Waals surface area (Å²) in [5.41, 5.74) is 0.430.